The number of hydrogen-bond donors (Lipinski definition) is 0. The summed E-state index contributed by atoms with van der Waals surface area (Å²) in [6.45, 7) is 0. The van der Waals surface area contributed by atoms with E-state index < -0.39 is 0 Å². The summed E-state index contributed by atoms with van der Waals surface area (Å²) in [5, 5.41) is 7.47. The minimum absolute atomic E-state index is 0.936. The molecule has 1 aromatic heterocycles. The molecule has 0 amide bonds. The maximum atomic E-state index is 6.49. The molecule has 9 aromatic rings. The molecule has 0 unspecified atom stereocenters. The lowest BCUT2D eigenvalue weighted by atomic mass is 9.81. The molecular weight excluding hydrogens is 593 g/mol. The molecule has 0 bridgehead atoms. The lowest BCUT2D eigenvalue weighted by Gasteiger charge is -2.22. The number of aryl methyl sites for hydroxylation is 1. The molecule has 1 aliphatic carbocycles. The molecule has 49 heavy (non-hydrogen) atoms. The molecule has 0 atom stereocenters. The van der Waals surface area contributed by atoms with Crippen LogP contribution < -0.4 is 0 Å². The van der Waals surface area contributed by atoms with Gasteiger partial charge in [0.2, 0.25) is 0 Å². The lowest BCUT2D eigenvalue weighted by Crippen LogP contribution is -2.04. The van der Waals surface area contributed by atoms with Crippen LogP contribution in [-0.2, 0) is 12.8 Å². The summed E-state index contributed by atoms with van der Waals surface area (Å²) in [6, 6.07) is 57.8. The number of rotatable bonds is 4. The van der Waals surface area contributed by atoms with Crippen LogP contribution in [-0.4, -0.2) is 0 Å². The third-order valence-electron chi connectivity index (χ3n) is 10.7. The smallest absolute Gasteiger partial charge is 0.136 e. The second kappa shape index (κ2) is 11.4. The number of furan rings is 1. The van der Waals surface area contributed by atoms with Crippen LogP contribution in [0.25, 0.3) is 88.0 Å². The van der Waals surface area contributed by atoms with E-state index in [1.807, 2.05) is 0 Å². The van der Waals surface area contributed by atoms with Crippen LogP contribution >= 0.6 is 0 Å². The van der Waals surface area contributed by atoms with Crippen molar-refractivity contribution in [2.75, 3.05) is 0 Å². The predicted octanol–water partition coefficient (Wildman–Crippen LogP) is 13.4. The zero-order chi connectivity index (χ0) is 32.3. The van der Waals surface area contributed by atoms with Crippen molar-refractivity contribution in [1.29, 1.82) is 0 Å². The summed E-state index contributed by atoms with van der Waals surface area (Å²) in [6.07, 6.45) is 4.75. The summed E-state index contributed by atoms with van der Waals surface area (Å²) in [7, 11) is 0. The molecule has 1 aliphatic rings. The fourth-order valence-corrected chi connectivity index (χ4v) is 8.55. The average Bonchev–Trinajstić information content (AvgIpc) is 3.55. The summed E-state index contributed by atoms with van der Waals surface area (Å²) >= 11 is 0. The van der Waals surface area contributed by atoms with Gasteiger partial charge in [0.25, 0.3) is 0 Å². The van der Waals surface area contributed by atoms with Crippen LogP contribution in [0.1, 0.15) is 24.0 Å². The van der Waals surface area contributed by atoms with Crippen LogP contribution in [0, 0.1) is 0 Å². The first-order chi connectivity index (χ1) is 24.3. The van der Waals surface area contributed by atoms with Crippen LogP contribution in [0.15, 0.2) is 162 Å². The van der Waals surface area contributed by atoms with Crippen LogP contribution in [0.5, 0.6) is 0 Å². The summed E-state index contributed by atoms with van der Waals surface area (Å²) in [5.41, 5.74) is 15.0. The van der Waals surface area contributed by atoms with E-state index in [-0.39, 0.29) is 0 Å². The predicted molar refractivity (Wildman–Crippen MR) is 207 cm³/mol. The zero-order valence-corrected chi connectivity index (χ0v) is 27.2. The molecular formula is C48H34O. The Labute approximate surface area is 286 Å². The molecule has 0 N–H and O–H groups in total. The monoisotopic (exact) mass is 626 g/mol. The Kier molecular flexibility index (Phi) is 6.52. The van der Waals surface area contributed by atoms with E-state index in [0.29, 0.717) is 0 Å². The Morgan fingerprint density at radius 3 is 1.71 bits per heavy atom. The molecule has 0 fully saturated rings. The third kappa shape index (κ3) is 4.46. The maximum absolute atomic E-state index is 6.49. The van der Waals surface area contributed by atoms with Gasteiger partial charge >= 0.3 is 0 Å². The number of hydrogen-bond acceptors (Lipinski definition) is 1. The largest absolute Gasteiger partial charge is 0.456 e. The van der Waals surface area contributed by atoms with Gasteiger partial charge < -0.3 is 4.42 Å². The fourth-order valence-electron chi connectivity index (χ4n) is 8.55. The van der Waals surface area contributed by atoms with Crippen molar-refractivity contribution in [1.82, 2.24) is 0 Å². The first-order valence-electron chi connectivity index (χ1n) is 17.5. The SMILES string of the molecule is c1ccc(-c2c3ccccc3c(-c3cccc(-c4ccc5oc6ccccc6c5c4-c4cccc5c4CCCC5)c3)c3ccccc23)cc1. The molecule has 10 rings (SSSR count). The number of benzene rings is 8. The normalized spacial score (nSPS) is 13.0. The second-order valence-corrected chi connectivity index (χ2v) is 13.4. The van der Waals surface area contributed by atoms with E-state index in [2.05, 4.69) is 158 Å². The highest BCUT2D eigenvalue weighted by Gasteiger charge is 2.23. The van der Waals surface area contributed by atoms with Gasteiger partial charge in [0.15, 0.2) is 0 Å². The Hall–Kier alpha value is -5.92. The molecule has 0 radical (unpaired) electrons. The van der Waals surface area contributed by atoms with Gasteiger partial charge in [-0.2, -0.15) is 0 Å². The van der Waals surface area contributed by atoms with E-state index in [1.54, 1.807) is 0 Å². The standard InChI is InChI=1S/C48H34O/c1-2-15-32(16-3-1)45-38-21-6-8-23-40(38)46(41-24-9-7-22-39(41)45)34-19-12-18-33(30-34)36-28-29-44-48(42-25-10-11-27-43(42)49-44)47(36)37-26-13-17-31-14-4-5-20-35(31)37/h1-3,6-13,15-19,21-30H,4-5,14,20H2. The van der Waals surface area contributed by atoms with Crippen molar-refractivity contribution >= 4 is 43.5 Å². The number of fused-ring (bicyclic) bond motifs is 6. The van der Waals surface area contributed by atoms with Gasteiger partial charge in [-0.1, -0.05) is 140 Å². The molecule has 8 aromatic carbocycles. The third-order valence-corrected chi connectivity index (χ3v) is 10.7. The lowest BCUT2D eigenvalue weighted by molar-refractivity contribution is 0.669. The van der Waals surface area contributed by atoms with Gasteiger partial charge in [-0.15, -0.1) is 0 Å². The number of para-hydroxylation sites is 1. The molecule has 0 saturated carbocycles. The van der Waals surface area contributed by atoms with E-state index in [9.17, 15) is 0 Å². The minimum atomic E-state index is 0.936. The highest BCUT2D eigenvalue weighted by Crippen LogP contribution is 2.47. The van der Waals surface area contributed by atoms with Crippen molar-refractivity contribution in [2.24, 2.45) is 0 Å². The van der Waals surface area contributed by atoms with Gasteiger partial charge in [-0.05, 0) is 115 Å². The van der Waals surface area contributed by atoms with Crippen LogP contribution in [0.2, 0.25) is 0 Å². The molecule has 1 heterocycles. The molecule has 1 heteroatoms. The quantitative estimate of drug-likeness (QED) is 0.177. The molecule has 232 valence electrons. The molecule has 0 saturated heterocycles. The van der Waals surface area contributed by atoms with E-state index in [1.165, 1.54) is 101 Å². The minimum Gasteiger partial charge on any atom is -0.456 e. The van der Waals surface area contributed by atoms with Gasteiger partial charge in [-0.3, -0.25) is 0 Å². The van der Waals surface area contributed by atoms with Crippen molar-refractivity contribution in [2.45, 2.75) is 25.7 Å². The first-order valence-corrected chi connectivity index (χ1v) is 17.5. The summed E-state index contributed by atoms with van der Waals surface area (Å²) in [5.74, 6) is 0. The van der Waals surface area contributed by atoms with Gasteiger partial charge in [-0.25, -0.2) is 0 Å². The highest BCUT2D eigenvalue weighted by atomic mass is 16.3. The molecule has 0 spiro atoms. The van der Waals surface area contributed by atoms with Crippen molar-refractivity contribution in [3.8, 4) is 44.5 Å². The summed E-state index contributed by atoms with van der Waals surface area (Å²) in [4.78, 5) is 0. The molecule has 0 aliphatic heterocycles. The Bertz CT molecular complexity index is 2650. The topological polar surface area (TPSA) is 13.1 Å². The van der Waals surface area contributed by atoms with Gasteiger partial charge in [0.1, 0.15) is 11.2 Å². The van der Waals surface area contributed by atoms with Crippen LogP contribution in [0.3, 0.4) is 0 Å². The second-order valence-electron chi connectivity index (χ2n) is 13.4. The maximum Gasteiger partial charge on any atom is 0.136 e. The first kappa shape index (κ1) is 28.1. The van der Waals surface area contributed by atoms with E-state index >= 15 is 0 Å². The molecule has 1 nitrogen and oxygen atoms in total. The van der Waals surface area contributed by atoms with Crippen molar-refractivity contribution < 1.29 is 4.42 Å². The Balaban J connectivity index is 1.27. The van der Waals surface area contributed by atoms with E-state index in [0.717, 1.165) is 24.0 Å². The summed E-state index contributed by atoms with van der Waals surface area (Å²) < 4.78 is 6.49. The van der Waals surface area contributed by atoms with Crippen LogP contribution in [0.4, 0.5) is 0 Å². The van der Waals surface area contributed by atoms with Gasteiger partial charge in [0, 0.05) is 16.3 Å². The van der Waals surface area contributed by atoms with Crippen molar-refractivity contribution in [3.63, 3.8) is 0 Å². The van der Waals surface area contributed by atoms with Gasteiger partial charge in [0.05, 0.1) is 0 Å². The van der Waals surface area contributed by atoms with E-state index in [4.69, 9.17) is 4.42 Å². The highest BCUT2D eigenvalue weighted by molar-refractivity contribution is 6.22. The van der Waals surface area contributed by atoms with Crippen molar-refractivity contribution in [3.05, 3.63) is 169 Å². The fraction of sp³-hybridized carbons (Fsp3) is 0.0833. The zero-order valence-electron chi connectivity index (χ0n) is 27.2. The Morgan fingerprint density at radius 2 is 0.959 bits per heavy atom. The Morgan fingerprint density at radius 1 is 0.367 bits per heavy atom. The average molecular weight is 627 g/mol.